The summed E-state index contributed by atoms with van der Waals surface area (Å²) in [6.07, 6.45) is 3.52. The van der Waals surface area contributed by atoms with Crippen molar-refractivity contribution in [2.75, 3.05) is 0 Å². The van der Waals surface area contributed by atoms with Crippen LogP contribution in [0.2, 0.25) is 0 Å². The maximum atomic E-state index is 13.2. The van der Waals surface area contributed by atoms with Gasteiger partial charge in [0, 0.05) is 18.0 Å². The molecule has 0 bridgehead atoms. The minimum Gasteiger partial charge on any atom is -0.296 e. The monoisotopic (exact) mass is 254 g/mol. The van der Waals surface area contributed by atoms with Crippen molar-refractivity contribution < 1.29 is 9.18 Å². The molecule has 0 fully saturated rings. The molecular weight excluding hydrogens is 247 g/mol. The Labute approximate surface area is 107 Å². The average Bonchev–Trinajstić information content (AvgIpc) is 2.46. The van der Waals surface area contributed by atoms with Crippen molar-refractivity contribution >= 4 is 17.5 Å². The predicted molar refractivity (Wildman–Crippen MR) is 65.9 cm³/mol. The van der Waals surface area contributed by atoms with Crippen molar-refractivity contribution in [1.29, 1.82) is 0 Å². The lowest BCUT2D eigenvalue weighted by atomic mass is 10.2. The number of aldehydes is 1. The van der Waals surface area contributed by atoms with Crippen LogP contribution in [0.4, 0.5) is 4.39 Å². The number of fused-ring (bicyclic) bond motifs is 1. The van der Waals surface area contributed by atoms with Gasteiger partial charge in [-0.25, -0.2) is 24.3 Å². The molecule has 0 radical (unpaired) electrons. The first-order chi connectivity index (χ1) is 9.28. The number of hydrogen-bond acceptors (Lipinski definition) is 5. The maximum absolute atomic E-state index is 13.2. The summed E-state index contributed by atoms with van der Waals surface area (Å²) < 4.78 is 13.2. The Morgan fingerprint density at radius 2 is 1.95 bits per heavy atom. The number of aromatic nitrogens is 4. The molecule has 0 spiro atoms. The van der Waals surface area contributed by atoms with Gasteiger partial charge < -0.3 is 0 Å². The molecule has 92 valence electrons. The Morgan fingerprint density at radius 1 is 1.11 bits per heavy atom. The Bertz CT molecular complexity index is 775. The molecule has 0 saturated heterocycles. The van der Waals surface area contributed by atoms with Crippen LogP contribution >= 0.6 is 0 Å². The first-order valence-electron chi connectivity index (χ1n) is 5.48. The molecule has 0 amide bonds. The largest absolute Gasteiger partial charge is 0.296 e. The van der Waals surface area contributed by atoms with Crippen molar-refractivity contribution in [2.45, 2.75) is 0 Å². The zero-order valence-electron chi connectivity index (χ0n) is 9.62. The topological polar surface area (TPSA) is 68.6 Å². The van der Waals surface area contributed by atoms with Gasteiger partial charge in [0.25, 0.3) is 0 Å². The summed E-state index contributed by atoms with van der Waals surface area (Å²) in [5.74, 6) is -0.150. The highest BCUT2D eigenvalue weighted by molar-refractivity contribution is 5.90. The van der Waals surface area contributed by atoms with E-state index in [-0.39, 0.29) is 11.5 Å². The van der Waals surface area contributed by atoms with Gasteiger partial charge in [-0.2, -0.15) is 0 Å². The average molecular weight is 254 g/mol. The zero-order chi connectivity index (χ0) is 13.2. The summed E-state index contributed by atoms with van der Waals surface area (Å²) in [7, 11) is 0. The van der Waals surface area contributed by atoms with Crippen LogP contribution in [0.3, 0.4) is 0 Å². The fourth-order valence-corrected chi connectivity index (χ4v) is 1.72. The molecule has 5 nitrogen and oxygen atoms in total. The lowest BCUT2D eigenvalue weighted by Crippen LogP contribution is -2.00. The third kappa shape index (κ3) is 2.03. The molecule has 2 aromatic heterocycles. The highest BCUT2D eigenvalue weighted by atomic mass is 19.1. The maximum Gasteiger partial charge on any atom is 0.182 e. The molecular formula is C13H7FN4O. The second kappa shape index (κ2) is 4.49. The fraction of sp³-hybridized carbons (Fsp3) is 0. The van der Waals surface area contributed by atoms with Crippen molar-refractivity contribution in [3.8, 4) is 11.4 Å². The van der Waals surface area contributed by atoms with Crippen LogP contribution in [0.25, 0.3) is 22.6 Å². The number of hydrogen-bond donors (Lipinski definition) is 0. The zero-order valence-corrected chi connectivity index (χ0v) is 9.62. The second-order valence-electron chi connectivity index (χ2n) is 3.79. The minimum atomic E-state index is -0.395. The number of benzene rings is 1. The van der Waals surface area contributed by atoms with Crippen molar-refractivity contribution in [2.24, 2.45) is 0 Å². The van der Waals surface area contributed by atoms with Gasteiger partial charge in [-0.05, 0) is 12.1 Å². The Morgan fingerprint density at radius 3 is 2.74 bits per heavy atom. The van der Waals surface area contributed by atoms with Gasteiger partial charge in [-0.1, -0.05) is 12.1 Å². The Kier molecular flexibility index (Phi) is 2.68. The van der Waals surface area contributed by atoms with Crippen LogP contribution < -0.4 is 0 Å². The molecule has 0 saturated carbocycles. The van der Waals surface area contributed by atoms with Gasteiger partial charge in [0.1, 0.15) is 17.0 Å². The Hall–Kier alpha value is -2.76. The van der Waals surface area contributed by atoms with E-state index < -0.39 is 5.82 Å². The van der Waals surface area contributed by atoms with Crippen LogP contribution in [-0.4, -0.2) is 26.2 Å². The smallest absolute Gasteiger partial charge is 0.182 e. The molecule has 0 unspecified atom stereocenters. The molecule has 0 N–H and O–H groups in total. The normalized spacial score (nSPS) is 10.6. The lowest BCUT2D eigenvalue weighted by Gasteiger charge is -2.03. The second-order valence-corrected chi connectivity index (χ2v) is 3.79. The van der Waals surface area contributed by atoms with Crippen LogP contribution in [0.1, 0.15) is 10.5 Å². The first kappa shape index (κ1) is 11.3. The predicted octanol–water partition coefficient (Wildman–Crippen LogP) is 2.04. The molecule has 0 atom stereocenters. The van der Waals surface area contributed by atoms with Gasteiger partial charge in [0.2, 0.25) is 0 Å². The van der Waals surface area contributed by atoms with E-state index in [9.17, 15) is 9.18 Å². The third-order valence-electron chi connectivity index (χ3n) is 2.55. The van der Waals surface area contributed by atoms with Crippen LogP contribution in [0.15, 0.2) is 36.7 Å². The van der Waals surface area contributed by atoms with Gasteiger partial charge in [-0.15, -0.1) is 0 Å². The summed E-state index contributed by atoms with van der Waals surface area (Å²) in [4.78, 5) is 27.3. The van der Waals surface area contributed by atoms with Crippen LogP contribution in [0.5, 0.6) is 0 Å². The molecule has 0 aliphatic heterocycles. The van der Waals surface area contributed by atoms with Gasteiger partial charge in [0.15, 0.2) is 17.8 Å². The molecule has 0 aliphatic rings. The van der Waals surface area contributed by atoms with E-state index in [1.54, 1.807) is 12.1 Å². The fourth-order valence-electron chi connectivity index (χ4n) is 1.72. The molecule has 2 heterocycles. The lowest BCUT2D eigenvalue weighted by molar-refractivity contribution is 0.112. The summed E-state index contributed by atoms with van der Waals surface area (Å²) >= 11 is 0. The van der Waals surface area contributed by atoms with Crippen molar-refractivity contribution in [1.82, 2.24) is 19.9 Å². The molecule has 6 heteroatoms. The summed E-state index contributed by atoms with van der Waals surface area (Å²) in [6, 6.07) is 5.84. The van der Waals surface area contributed by atoms with Gasteiger partial charge >= 0.3 is 0 Å². The molecule has 3 rings (SSSR count). The van der Waals surface area contributed by atoms with E-state index in [1.807, 2.05) is 0 Å². The highest BCUT2D eigenvalue weighted by Gasteiger charge is 2.10. The summed E-state index contributed by atoms with van der Waals surface area (Å²) in [5.41, 5.74) is 1.25. The van der Waals surface area contributed by atoms with E-state index in [2.05, 4.69) is 19.9 Å². The van der Waals surface area contributed by atoms with E-state index >= 15 is 0 Å². The number of rotatable bonds is 2. The highest BCUT2D eigenvalue weighted by Crippen LogP contribution is 2.19. The summed E-state index contributed by atoms with van der Waals surface area (Å²) in [6.45, 7) is 0. The number of halogens is 1. The van der Waals surface area contributed by atoms with Gasteiger partial charge in [0.05, 0.1) is 0 Å². The molecule has 0 aliphatic carbocycles. The van der Waals surface area contributed by atoms with E-state index in [1.165, 1.54) is 24.5 Å². The molecule has 1 aromatic carbocycles. The third-order valence-corrected chi connectivity index (χ3v) is 2.55. The first-order valence-corrected chi connectivity index (χ1v) is 5.48. The molecule has 19 heavy (non-hydrogen) atoms. The SMILES string of the molecule is O=Cc1nc(-c2cccc(F)c2)nc2nccnc12. The van der Waals surface area contributed by atoms with Crippen molar-refractivity contribution in [3.63, 3.8) is 0 Å². The summed E-state index contributed by atoms with van der Waals surface area (Å²) in [5, 5.41) is 0. The van der Waals surface area contributed by atoms with E-state index in [0.29, 0.717) is 23.0 Å². The standard InChI is InChI=1S/C13H7FN4O/c14-9-3-1-2-8(6-9)12-17-10(7-19)11-13(18-12)16-5-4-15-11/h1-7H. The number of nitrogens with zero attached hydrogens (tertiary/aromatic N) is 4. The van der Waals surface area contributed by atoms with Gasteiger partial charge in [-0.3, -0.25) is 4.79 Å². The van der Waals surface area contributed by atoms with Crippen LogP contribution in [-0.2, 0) is 0 Å². The molecule has 3 aromatic rings. The Balaban J connectivity index is 2.28. The number of carbonyl (C=O) groups is 1. The van der Waals surface area contributed by atoms with E-state index in [0.717, 1.165) is 0 Å². The van der Waals surface area contributed by atoms with E-state index in [4.69, 9.17) is 0 Å². The van der Waals surface area contributed by atoms with Crippen molar-refractivity contribution in [3.05, 3.63) is 48.2 Å². The number of carbonyl (C=O) groups excluding carboxylic acids is 1. The quantitative estimate of drug-likeness (QED) is 0.654. The minimum absolute atomic E-state index is 0.136. The van der Waals surface area contributed by atoms with Crippen LogP contribution in [0, 0.1) is 5.82 Å².